The third-order valence-corrected chi connectivity index (χ3v) is 5.10. The van der Waals surface area contributed by atoms with Gasteiger partial charge in [-0.2, -0.15) is 0 Å². The summed E-state index contributed by atoms with van der Waals surface area (Å²) in [6.07, 6.45) is 1.44. The molecular formula is C16H11ClN4O2S. The van der Waals surface area contributed by atoms with Crippen molar-refractivity contribution in [3.05, 3.63) is 40.5 Å². The van der Waals surface area contributed by atoms with Gasteiger partial charge in [0.25, 0.3) is 0 Å². The Morgan fingerprint density at radius 3 is 3.00 bits per heavy atom. The fourth-order valence-electron chi connectivity index (χ4n) is 2.68. The van der Waals surface area contributed by atoms with Crippen molar-refractivity contribution >= 4 is 55.8 Å². The third-order valence-electron chi connectivity index (χ3n) is 3.83. The molecule has 0 aliphatic rings. The Morgan fingerprint density at radius 1 is 1.38 bits per heavy atom. The van der Waals surface area contributed by atoms with Crippen molar-refractivity contribution in [3.63, 3.8) is 0 Å². The van der Waals surface area contributed by atoms with Crippen LogP contribution in [0.3, 0.4) is 0 Å². The quantitative estimate of drug-likeness (QED) is 0.530. The number of benzene rings is 1. The van der Waals surface area contributed by atoms with E-state index in [0.29, 0.717) is 16.4 Å². The molecule has 0 saturated carbocycles. The minimum atomic E-state index is -0.400. The smallest absolute Gasteiger partial charge is 0.337 e. The van der Waals surface area contributed by atoms with Crippen molar-refractivity contribution < 1.29 is 9.53 Å². The van der Waals surface area contributed by atoms with Crippen LogP contribution in [0.5, 0.6) is 0 Å². The zero-order valence-electron chi connectivity index (χ0n) is 12.5. The van der Waals surface area contributed by atoms with Crippen molar-refractivity contribution in [2.45, 2.75) is 0 Å². The van der Waals surface area contributed by atoms with Crippen molar-refractivity contribution in [1.82, 2.24) is 15.0 Å². The maximum Gasteiger partial charge on any atom is 0.337 e. The molecule has 120 valence electrons. The summed E-state index contributed by atoms with van der Waals surface area (Å²) in [4.78, 5) is 24.0. The number of carbonyl (C=O) groups is 1. The van der Waals surface area contributed by atoms with Gasteiger partial charge in [-0.15, -0.1) is 11.3 Å². The summed E-state index contributed by atoms with van der Waals surface area (Å²) in [5, 5.41) is 4.08. The molecule has 24 heavy (non-hydrogen) atoms. The number of thiophene rings is 1. The summed E-state index contributed by atoms with van der Waals surface area (Å²) in [5.74, 6) is 0.00372. The Hall–Kier alpha value is -2.64. The number of esters is 1. The minimum Gasteiger partial charge on any atom is -0.465 e. The van der Waals surface area contributed by atoms with Crippen LogP contribution in [0.2, 0.25) is 5.02 Å². The molecular weight excluding hydrogens is 348 g/mol. The number of methoxy groups -OCH3 is 1. The van der Waals surface area contributed by atoms with E-state index in [9.17, 15) is 4.79 Å². The molecule has 0 aliphatic heterocycles. The van der Waals surface area contributed by atoms with Gasteiger partial charge in [0.1, 0.15) is 17.0 Å². The molecule has 3 aromatic heterocycles. The van der Waals surface area contributed by atoms with Crippen LogP contribution < -0.4 is 5.73 Å². The van der Waals surface area contributed by atoms with E-state index in [-0.39, 0.29) is 0 Å². The lowest BCUT2D eigenvalue weighted by atomic mass is 10.1. The number of hydrogen-bond acceptors (Lipinski definition) is 6. The molecule has 4 aromatic rings. The first-order valence-corrected chi connectivity index (χ1v) is 8.23. The van der Waals surface area contributed by atoms with E-state index >= 15 is 0 Å². The number of carbonyl (C=O) groups excluding carboxylic acids is 1. The lowest BCUT2D eigenvalue weighted by molar-refractivity contribution is 0.0601. The average Bonchev–Trinajstić information content (AvgIpc) is 3.16. The maximum atomic E-state index is 11.7. The first-order chi connectivity index (χ1) is 11.6. The molecule has 0 aliphatic carbocycles. The zero-order chi connectivity index (χ0) is 16.8. The highest BCUT2D eigenvalue weighted by Crippen LogP contribution is 2.41. The Morgan fingerprint density at radius 2 is 2.21 bits per heavy atom. The largest absolute Gasteiger partial charge is 0.465 e. The predicted molar refractivity (Wildman–Crippen MR) is 95.5 cm³/mol. The summed E-state index contributed by atoms with van der Waals surface area (Å²) in [6.45, 7) is 0. The van der Waals surface area contributed by atoms with Crippen molar-refractivity contribution in [2.75, 3.05) is 12.8 Å². The van der Waals surface area contributed by atoms with Gasteiger partial charge >= 0.3 is 5.97 Å². The van der Waals surface area contributed by atoms with Gasteiger partial charge in [0, 0.05) is 21.8 Å². The number of hydrogen-bond donors (Lipinski definition) is 2. The van der Waals surface area contributed by atoms with Crippen LogP contribution in [0, 0.1) is 0 Å². The lowest BCUT2D eigenvalue weighted by Gasteiger charge is -1.99. The highest BCUT2D eigenvalue weighted by molar-refractivity contribution is 7.17. The third kappa shape index (κ3) is 2.13. The molecule has 4 rings (SSSR count). The van der Waals surface area contributed by atoms with Crippen LogP contribution in [0.1, 0.15) is 10.4 Å². The summed E-state index contributed by atoms with van der Waals surface area (Å²) in [5.41, 5.74) is 8.76. The number of nitrogen functional groups attached to an aromatic ring is 1. The molecule has 0 bridgehead atoms. The molecule has 3 heterocycles. The van der Waals surface area contributed by atoms with Crippen LogP contribution in [-0.2, 0) is 4.74 Å². The standard InChI is InChI=1S/C16H11ClN4O2S/c1-23-16(22)7-2-3-8-10(4-7)21-13(12(8)17)9-5-24-15-11(9)14(18)19-6-20-15/h2-6,21H,1H3,(H2,18,19,20). The van der Waals surface area contributed by atoms with Gasteiger partial charge in [0.2, 0.25) is 0 Å². The van der Waals surface area contributed by atoms with Crippen molar-refractivity contribution in [2.24, 2.45) is 0 Å². The van der Waals surface area contributed by atoms with E-state index in [0.717, 1.165) is 32.4 Å². The second kappa shape index (κ2) is 5.47. The van der Waals surface area contributed by atoms with Gasteiger partial charge in [-0.1, -0.05) is 17.7 Å². The normalized spacial score (nSPS) is 11.2. The number of aromatic nitrogens is 3. The fraction of sp³-hybridized carbons (Fsp3) is 0.0625. The van der Waals surface area contributed by atoms with E-state index in [1.165, 1.54) is 24.8 Å². The predicted octanol–water partition coefficient (Wildman–Crippen LogP) is 3.86. The molecule has 0 unspecified atom stereocenters. The summed E-state index contributed by atoms with van der Waals surface area (Å²) < 4.78 is 4.75. The molecule has 6 nitrogen and oxygen atoms in total. The SMILES string of the molecule is COC(=O)c1ccc2c(Cl)c(-c3csc4ncnc(N)c34)[nH]c2c1. The molecule has 0 radical (unpaired) electrons. The minimum absolute atomic E-state index is 0.400. The van der Waals surface area contributed by atoms with Crippen LogP contribution in [0.15, 0.2) is 29.9 Å². The van der Waals surface area contributed by atoms with Crippen LogP contribution in [0.4, 0.5) is 5.82 Å². The fourth-order valence-corrected chi connectivity index (χ4v) is 3.90. The molecule has 3 N–H and O–H groups in total. The van der Waals surface area contributed by atoms with Crippen LogP contribution in [-0.4, -0.2) is 28.0 Å². The van der Waals surface area contributed by atoms with Gasteiger partial charge in [-0.05, 0) is 12.1 Å². The first-order valence-electron chi connectivity index (χ1n) is 6.97. The Kier molecular flexibility index (Phi) is 3.40. The molecule has 0 saturated heterocycles. The first kappa shape index (κ1) is 14.9. The number of halogens is 1. The second-order valence-electron chi connectivity index (χ2n) is 5.15. The monoisotopic (exact) mass is 358 g/mol. The van der Waals surface area contributed by atoms with E-state index in [4.69, 9.17) is 22.1 Å². The summed E-state index contributed by atoms with van der Waals surface area (Å²) in [7, 11) is 1.35. The number of ether oxygens (including phenoxy) is 1. The molecule has 0 atom stereocenters. The number of H-pyrrole nitrogens is 1. The van der Waals surface area contributed by atoms with E-state index < -0.39 is 5.97 Å². The number of nitrogens with zero attached hydrogens (tertiary/aromatic N) is 2. The van der Waals surface area contributed by atoms with Gasteiger partial charge in [0.05, 0.1) is 28.8 Å². The number of fused-ring (bicyclic) bond motifs is 2. The Balaban J connectivity index is 1.96. The Bertz CT molecular complexity index is 1100. The molecule has 0 amide bonds. The lowest BCUT2D eigenvalue weighted by Crippen LogP contribution is -2.00. The average molecular weight is 359 g/mol. The second-order valence-corrected chi connectivity index (χ2v) is 6.39. The molecule has 1 aromatic carbocycles. The number of nitrogens with two attached hydrogens (primary N) is 1. The Labute approximate surface area is 145 Å². The zero-order valence-corrected chi connectivity index (χ0v) is 14.0. The highest BCUT2D eigenvalue weighted by atomic mass is 35.5. The van der Waals surface area contributed by atoms with Crippen LogP contribution in [0.25, 0.3) is 32.4 Å². The number of nitrogens with one attached hydrogen (secondary N) is 1. The summed E-state index contributed by atoms with van der Waals surface area (Å²) in [6, 6.07) is 5.18. The summed E-state index contributed by atoms with van der Waals surface area (Å²) >= 11 is 8.01. The van der Waals surface area contributed by atoms with Gasteiger partial charge in [-0.3, -0.25) is 0 Å². The van der Waals surface area contributed by atoms with E-state index in [1.54, 1.807) is 18.2 Å². The maximum absolute atomic E-state index is 11.7. The molecule has 0 fully saturated rings. The topological polar surface area (TPSA) is 93.9 Å². The number of rotatable bonds is 2. The molecule has 8 heteroatoms. The number of aromatic amines is 1. The van der Waals surface area contributed by atoms with Gasteiger partial charge in [0.15, 0.2) is 0 Å². The van der Waals surface area contributed by atoms with E-state index in [2.05, 4.69) is 15.0 Å². The van der Waals surface area contributed by atoms with Crippen molar-refractivity contribution in [3.8, 4) is 11.3 Å². The van der Waals surface area contributed by atoms with E-state index in [1.807, 2.05) is 5.38 Å². The van der Waals surface area contributed by atoms with Crippen molar-refractivity contribution in [1.29, 1.82) is 0 Å². The number of anilines is 1. The van der Waals surface area contributed by atoms with Gasteiger partial charge < -0.3 is 15.5 Å². The highest BCUT2D eigenvalue weighted by Gasteiger charge is 2.18. The molecule has 0 spiro atoms. The van der Waals surface area contributed by atoms with Gasteiger partial charge in [-0.25, -0.2) is 14.8 Å². The van der Waals surface area contributed by atoms with Crippen LogP contribution >= 0.6 is 22.9 Å².